The summed E-state index contributed by atoms with van der Waals surface area (Å²) < 4.78 is 10.1. The predicted octanol–water partition coefficient (Wildman–Crippen LogP) is 1.55. The molecule has 1 aliphatic heterocycles. The number of carbonyl (C=O) groups is 1. The summed E-state index contributed by atoms with van der Waals surface area (Å²) >= 11 is 0. The van der Waals surface area contributed by atoms with Crippen molar-refractivity contribution < 1.29 is 14.3 Å². The summed E-state index contributed by atoms with van der Waals surface area (Å²) in [6, 6.07) is 5.67. The second kappa shape index (κ2) is 3.90. The third-order valence-electron chi connectivity index (χ3n) is 2.32. The van der Waals surface area contributed by atoms with Gasteiger partial charge in [0.25, 0.3) is 0 Å². The Morgan fingerprint density at radius 2 is 2.21 bits per heavy atom. The Morgan fingerprint density at radius 3 is 3.00 bits per heavy atom. The Morgan fingerprint density at radius 1 is 1.43 bits per heavy atom. The summed E-state index contributed by atoms with van der Waals surface area (Å²) in [5, 5.41) is 0. The summed E-state index contributed by atoms with van der Waals surface area (Å²) in [5.74, 6) is 0.0159. The van der Waals surface area contributed by atoms with E-state index < -0.39 is 0 Å². The first-order chi connectivity index (χ1) is 6.81. The van der Waals surface area contributed by atoms with Crippen molar-refractivity contribution in [1.29, 1.82) is 0 Å². The van der Waals surface area contributed by atoms with Crippen LogP contribution in [-0.4, -0.2) is 19.5 Å². The Balaban J connectivity index is 2.24. The topological polar surface area (TPSA) is 35.5 Å². The van der Waals surface area contributed by atoms with Crippen molar-refractivity contribution in [2.24, 2.45) is 0 Å². The lowest BCUT2D eigenvalue weighted by Gasteiger charge is -2.02. The van der Waals surface area contributed by atoms with Crippen molar-refractivity contribution in [2.45, 2.75) is 13.2 Å². The SMILES string of the molecule is COCC(=O)c1ccc2c(c1)COC2. The van der Waals surface area contributed by atoms with Crippen molar-refractivity contribution in [1.82, 2.24) is 0 Å². The largest absolute Gasteiger partial charge is 0.377 e. The molecule has 0 atom stereocenters. The fourth-order valence-corrected chi connectivity index (χ4v) is 1.56. The van der Waals surface area contributed by atoms with E-state index in [0.29, 0.717) is 18.8 Å². The van der Waals surface area contributed by atoms with E-state index in [1.54, 1.807) is 0 Å². The summed E-state index contributed by atoms with van der Waals surface area (Å²) in [5.41, 5.74) is 3.00. The van der Waals surface area contributed by atoms with Gasteiger partial charge in [0.1, 0.15) is 6.61 Å². The van der Waals surface area contributed by atoms with Gasteiger partial charge in [-0.25, -0.2) is 0 Å². The van der Waals surface area contributed by atoms with E-state index in [0.717, 1.165) is 5.56 Å². The van der Waals surface area contributed by atoms with E-state index >= 15 is 0 Å². The molecule has 0 aromatic heterocycles. The number of ketones is 1. The van der Waals surface area contributed by atoms with E-state index in [4.69, 9.17) is 9.47 Å². The highest BCUT2D eigenvalue weighted by molar-refractivity contribution is 5.97. The van der Waals surface area contributed by atoms with Gasteiger partial charge >= 0.3 is 0 Å². The summed E-state index contributed by atoms with van der Waals surface area (Å²) in [4.78, 5) is 11.5. The maximum absolute atomic E-state index is 11.5. The number of hydrogen-bond acceptors (Lipinski definition) is 3. The molecule has 0 radical (unpaired) electrons. The average Bonchev–Trinajstić information content (AvgIpc) is 2.64. The standard InChI is InChI=1S/C11H12O3/c1-13-7-11(12)8-2-3-9-5-14-6-10(9)4-8/h2-4H,5-7H2,1H3. The zero-order valence-electron chi connectivity index (χ0n) is 8.08. The third kappa shape index (κ3) is 1.69. The van der Waals surface area contributed by atoms with Gasteiger partial charge in [-0.05, 0) is 17.2 Å². The molecule has 0 bridgehead atoms. The van der Waals surface area contributed by atoms with Crippen LogP contribution in [0.5, 0.6) is 0 Å². The first-order valence-corrected chi connectivity index (χ1v) is 4.53. The van der Waals surface area contributed by atoms with Crippen LogP contribution in [0.3, 0.4) is 0 Å². The van der Waals surface area contributed by atoms with Crippen LogP contribution < -0.4 is 0 Å². The number of fused-ring (bicyclic) bond motifs is 1. The molecule has 0 fully saturated rings. The van der Waals surface area contributed by atoms with Crippen LogP contribution in [0.4, 0.5) is 0 Å². The van der Waals surface area contributed by atoms with Gasteiger partial charge in [-0.2, -0.15) is 0 Å². The average molecular weight is 192 g/mol. The van der Waals surface area contributed by atoms with E-state index in [1.165, 1.54) is 12.7 Å². The number of ether oxygens (including phenoxy) is 2. The van der Waals surface area contributed by atoms with Crippen LogP contribution in [0, 0.1) is 0 Å². The zero-order chi connectivity index (χ0) is 9.97. The summed E-state index contributed by atoms with van der Waals surface area (Å²) in [6.07, 6.45) is 0. The number of rotatable bonds is 3. The molecule has 1 aromatic rings. The molecule has 1 aliphatic rings. The van der Waals surface area contributed by atoms with Crippen LogP contribution >= 0.6 is 0 Å². The molecule has 0 aliphatic carbocycles. The molecule has 0 saturated heterocycles. The fourth-order valence-electron chi connectivity index (χ4n) is 1.56. The molecule has 3 nitrogen and oxygen atoms in total. The number of hydrogen-bond donors (Lipinski definition) is 0. The highest BCUT2D eigenvalue weighted by Crippen LogP contribution is 2.20. The molecular formula is C11H12O3. The van der Waals surface area contributed by atoms with Crippen molar-refractivity contribution in [3.8, 4) is 0 Å². The predicted molar refractivity (Wildman–Crippen MR) is 51.1 cm³/mol. The molecule has 2 rings (SSSR count). The second-order valence-electron chi connectivity index (χ2n) is 3.33. The van der Waals surface area contributed by atoms with Gasteiger partial charge in [0.05, 0.1) is 13.2 Å². The fraction of sp³-hybridized carbons (Fsp3) is 0.364. The van der Waals surface area contributed by atoms with Crippen molar-refractivity contribution >= 4 is 5.78 Å². The normalized spacial score (nSPS) is 14.1. The molecule has 1 heterocycles. The van der Waals surface area contributed by atoms with Gasteiger partial charge in [0.15, 0.2) is 5.78 Å². The molecule has 0 saturated carbocycles. The lowest BCUT2D eigenvalue weighted by Crippen LogP contribution is -2.07. The highest BCUT2D eigenvalue weighted by atomic mass is 16.5. The molecule has 0 N–H and O–H groups in total. The molecular weight excluding hydrogens is 180 g/mol. The Hall–Kier alpha value is -1.19. The van der Waals surface area contributed by atoms with Gasteiger partial charge in [-0.1, -0.05) is 12.1 Å². The Labute approximate surface area is 82.6 Å². The van der Waals surface area contributed by atoms with E-state index in [1.807, 2.05) is 18.2 Å². The molecule has 3 heteroatoms. The molecule has 1 aromatic carbocycles. The van der Waals surface area contributed by atoms with Crippen LogP contribution in [0.15, 0.2) is 18.2 Å². The number of carbonyl (C=O) groups excluding carboxylic acids is 1. The minimum Gasteiger partial charge on any atom is -0.377 e. The molecule has 74 valence electrons. The third-order valence-corrected chi connectivity index (χ3v) is 2.32. The molecule has 0 amide bonds. The Kier molecular flexibility index (Phi) is 2.61. The van der Waals surface area contributed by atoms with Crippen molar-refractivity contribution in [3.05, 3.63) is 34.9 Å². The minimum atomic E-state index is 0.0159. The van der Waals surface area contributed by atoms with Crippen LogP contribution in [0.25, 0.3) is 0 Å². The molecule has 0 spiro atoms. The summed E-state index contributed by atoms with van der Waals surface area (Å²) in [6.45, 7) is 1.41. The maximum atomic E-state index is 11.5. The van der Waals surface area contributed by atoms with Crippen LogP contribution in [0.1, 0.15) is 21.5 Å². The van der Waals surface area contributed by atoms with Crippen LogP contribution in [0.2, 0.25) is 0 Å². The maximum Gasteiger partial charge on any atom is 0.188 e. The lowest BCUT2D eigenvalue weighted by molar-refractivity contribution is 0.0848. The smallest absolute Gasteiger partial charge is 0.188 e. The van der Waals surface area contributed by atoms with E-state index in [-0.39, 0.29) is 12.4 Å². The second-order valence-corrected chi connectivity index (χ2v) is 3.33. The van der Waals surface area contributed by atoms with Crippen molar-refractivity contribution in [2.75, 3.05) is 13.7 Å². The van der Waals surface area contributed by atoms with Gasteiger partial charge in [0.2, 0.25) is 0 Å². The number of Topliss-reactive ketones (excluding diaryl/α,β-unsaturated/α-hetero) is 1. The highest BCUT2D eigenvalue weighted by Gasteiger charge is 2.13. The van der Waals surface area contributed by atoms with E-state index in [9.17, 15) is 4.79 Å². The first kappa shape index (κ1) is 9.37. The lowest BCUT2D eigenvalue weighted by atomic mass is 10.0. The van der Waals surface area contributed by atoms with Crippen LogP contribution in [-0.2, 0) is 22.7 Å². The van der Waals surface area contributed by atoms with E-state index in [2.05, 4.69) is 0 Å². The first-order valence-electron chi connectivity index (χ1n) is 4.53. The van der Waals surface area contributed by atoms with Gasteiger partial charge < -0.3 is 9.47 Å². The van der Waals surface area contributed by atoms with Gasteiger partial charge in [0, 0.05) is 12.7 Å². The Bertz CT molecular complexity index is 358. The summed E-state index contributed by atoms with van der Waals surface area (Å²) in [7, 11) is 1.52. The molecule has 0 unspecified atom stereocenters. The quantitative estimate of drug-likeness (QED) is 0.681. The van der Waals surface area contributed by atoms with Crippen molar-refractivity contribution in [3.63, 3.8) is 0 Å². The zero-order valence-corrected chi connectivity index (χ0v) is 8.08. The van der Waals surface area contributed by atoms with Gasteiger partial charge in [-0.15, -0.1) is 0 Å². The number of methoxy groups -OCH3 is 1. The van der Waals surface area contributed by atoms with Gasteiger partial charge in [-0.3, -0.25) is 4.79 Å². The monoisotopic (exact) mass is 192 g/mol. The minimum absolute atomic E-state index is 0.0159. The molecule has 14 heavy (non-hydrogen) atoms. The number of benzene rings is 1.